The molecule has 0 aromatic carbocycles. The van der Waals surface area contributed by atoms with Crippen molar-refractivity contribution in [2.75, 3.05) is 0 Å². The van der Waals surface area contributed by atoms with E-state index in [1.54, 1.807) is 0 Å². The first-order valence-electron chi connectivity index (χ1n) is 7.02. The van der Waals surface area contributed by atoms with Crippen molar-refractivity contribution in [3.8, 4) is 0 Å². The van der Waals surface area contributed by atoms with Gasteiger partial charge in [-0.25, -0.2) is 14.4 Å². The van der Waals surface area contributed by atoms with E-state index in [0.29, 0.717) is 0 Å². The van der Waals surface area contributed by atoms with Crippen molar-refractivity contribution in [1.82, 2.24) is 0 Å². The molecule has 12 nitrogen and oxygen atoms in total. The van der Waals surface area contributed by atoms with Crippen LogP contribution >= 0.6 is 0 Å². The number of aliphatic carboxylic acids is 3. The third-order valence-electron chi connectivity index (χ3n) is 4.46. The van der Waals surface area contributed by atoms with Crippen LogP contribution in [0.2, 0.25) is 0 Å². The Morgan fingerprint density at radius 1 is 1.00 bits per heavy atom. The van der Waals surface area contributed by atoms with Gasteiger partial charge in [-0.2, -0.15) is 0 Å². The summed E-state index contributed by atoms with van der Waals surface area (Å²) in [5, 5.41) is 58.7. The number of carboxylic acid groups (broad SMARTS) is 3. The van der Waals surface area contributed by atoms with Gasteiger partial charge in [0, 0.05) is 12.8 Å². The molecule has 2 fully saturated rings. The molecular formula is C13H16O12. The lowest BCUT2D eigenvalue weighted by Crippen LogP contribution is -2.77. The number of aliphatic hydroxyl groups is 3. The van der Waals surface area contributed by atoms with E-state index < -0.39 is 65.4 Å². The highest BCUT2D eigenvalue weighted by Crippen LogP contribution is 2.54. The molecule has 0 spiro atoms. The highest BCUT2D eigenvalue weighted by atomic mass is 16.8. The van der Waals surface area contributed by atoms with Crippen LogP contribution < -0.4 is 0 Å². The van der Waals surface area contributed by atoms with Gasteiger partial charge in [-0.1, -0.05) is 0 Å². The van der Waals surface area contributed by atoms with Crippen molar-refractivity contribution in [2.24, 2.45) is 0 Å². The predicted octanol–water partition coefficient (Wildman–Crippen LogP) is -3.07. The van der Waals surface area contributed by atoms with Crippen molar-refractivity contribution in [2.45, 2.75) is 55.1 Å². The van der Waals surface area contributed by atoms with Gasteiger partial charge in [0.25, 0.3) is 0 Å². The molecule has 12 heteroatoms. The summed E-state index contributed by atoms with van der Waals surface area (Å²) < 4.78 is 9.93. The van der Waals surface area contributed by atoms with E-state index in [0.717, 1.165) is 6.92 Å². The maximum atomic E-state index is 11.7. The average Bonchev–Trinajstić information content (AvgIpc) is 2.70. The van der Waals surface area contributed by atoms with E-state index in [2.05, 4.69) is 0 Å². The number of rotatable bonds is 6. The Kier molecular flexibility index (Phi) is 4.39. The molecule has 0 aliphatic carbocycles. The minimum Gasteiger partial charge on any atom is -0.479 e. The highest BCUT2D eigenvalue weighted by Gasteiger charge is 2.84. The molecule has 2 aliphatic rings. The molecule has 2 rings (SSSR count). The maximum absolute atomic E-state index is 11.7. The maximum Gasteiger partial charge on any atom is 0.343 e. The third-order valence-corrected chi connectivity index (χ3v) is 4.46. The predicted molar refractivity (Wildman–Crippen MR) is 71.2 cm³/mol. The standard InChI is InChI=1S/C13H16O12/c1-4(14)2-3-11-5(15)6(16)13(25-11,10(21)22)12(23,9(19)20)7(24-11)8(17)18/h5-7,15-16,23H,2-3H2,1H3,(H,17,18)(H,19,20)(H,21,22). The topological polar surface area (TPSA) is 208 Å². The summed E-state index contributed by atoms with van der Waals surface area (Å²) in [6, 6.07) is 0. The Morgan fingerprint density at radius 2 is 1.56 bits per heavy atom. The minimum absolute atomic E-state index is 0.364. The summed E-state index contributed by atoms with van der Waals surface area (Å²) in [6.07, 6.45) is -8.43. The van der Waals surface area contributed by atoms with Crippen LogP contribution in [0.4, 0.5) is 0 Å². The largest absolute Gasteiger partial charge is 0.479 e. The van der Waals surface area contributed by atoms with Gasteiger partial charge in [-0.15, -0.1) is 0 Å². The Morgan fingerprint density at radius 3 is 1.96 bits per heavy atom. The molecule has 6 atom stereocenters. The van der Waals surface area contributed by atoms with Gasteiger partial charge < -0.3 is 44.9 Å². The van der Waals surface area contributed by atoms with Crippen molar-refractivity contribution >= 4 is 23.7 Å². The van der Waals surface area contributed by atoms with Gasteiger partial charge in [0.2, 0.25) is 17.3 Å². The van der Waals surface area contributed by atoms with E-state index in [1.165, 1.54) is 0 Å². The Balaban J connectivity index is 2.71. The summed E-state index contributed by atoms with van der Waals surface area (Å²) in [5.74, 6) is -9.60. The van der Waals surface area contributed by atoms with Crippen LogP contribution in [0.3, 0.4) is 0 Å². The fourth-order valence-electron chi connectivity index (χ4n) is 3.17. The van der Waals surface area contributed by atoms with Gasteiger partial charge >= 0.3 is 17.9 Å². The zero-order valence-corrected chi connectivity index (χ0v) is 12.8. The number of hydrogen-bond acceptors (Lipinski definition) is 9. The fraction of sp³-hybridized carbons (Fsp3) is 0.692. The number of fused-ring (bicyclic) bond motifs is 2. The molecule has 0 aromatic heterocycles. The molecule has 2 heterocycles. The number of carbonyl (C=O) groups excluding carboxylic acids is 1. The number of aliphatic hydroxyl groups excluding tert-OH is 2. The second-order valence-electron chi connectivity index (χ2n) is 5.95. The third kappa shape index (κ3) is 2.26. The lowest BCUT2D eigenvalue weighted by molar-refractivity contribution is -0.373. The summed E-state index contributed by atoms with van der Waals surface area (Å²) in [5.41, 5.74) is -7.20. The number of Topliss-reactive ketones (excluding diaryl/α,β-unsaturated/α-hetero) is 1. The van der Waals surface area contributed by atoms with E-state index in [9.17, 15) is 49.8 Å². The number of carbonyl (C=O) groups is 4. The van der Waals surface area contributed by atoms with Gasteiger partial charge in [0.1, 0.15) is 18.0 Å². The van der Waals surface area contributed by atoms with E-state index >= 15 is 0 Å². The molecule has 2 saturated heterocycles. The van der Waals surface area contributed by atoms with Gasteiger partial charge in [0.05, 0.1) is 0 Å². The molecule has 0 aromatic rings. The smallest absolute Gasteiger partial charge is 0.343 e. The second kappa shape index (κ2) is 5.71. The molecule has 6 N–H and O–H groups in total. The average molecular weight is 364 g/mol. The first-order valence-corrected chi connectivity index (χ1v) is 7.02. The first-order chi connectivity index (χ1) is 11.4. The molecule has 0 amide bonds. The fourth-order valence-corrected chi connectivity index (χ4v) is 3.17. The number of carboxylic acids is 3. The molecule has 0 saturated carbocycles. The van der Waals surface area contributed by atoms with Crippen LogP contribution in [-0.4, -0.2) is 89.6 Å². The monoisotopic (exact) mass is 364 g/mol. The molecule has 6 unspecified atom stereocenters. The summed E-state index contributed by atoms with van der Waals surface area (Å²) >= 11 is 0. The van der Waals surface area contributed by atoms with Crippen molar-refractivity contribution in [3.05, 3.63) is 0 Å². The van der Waals surface area contributed by atoms with Crippen molar-refractivity contribution in [1.29, 1.82) is 0 Å². The molecule has 25 heavy (non-hydrogen) atoms. The minimum atomic E-state index is -3.76. The van der Waals surface area contributed by atoms with Crippen LogP contribution in [0.1, 0.15) is 19.8 Å². The highest BCUT2D eigenvalue weighted by molar-refractivity contribution is 5.97. The van der Waals surface area contributed by atoms with Crippen LogP contribution in [0.5, 0.6) is 0 Å². The second-order valence-corrected chi connectivity index (χ2v) is 5.95. The van der Waals surface area contributed by atoms with Gasteiger partial charge in [-0.3, -0.25) is 0 Å². The Bertz CT molecular complexity index is 645. The zero-order valence-electron chi connectivity index (χ0n) is 12.8. The number of ketones is 1. The number of hydrogen-bond donors (Lipinski definition) is 6. The van der Waals surface area contributed by atoms with Gasteiger partial charge in [0.15, 0.2) is 5.79 Å². The first kappa shape index (κ1) is 19.2. The molecule has 140 valence electrons. The lowest BCUT2D eigenvalue weighted by atomic mass is 9.74. The normalized spacial score (nSPS) is 42.8. The summed E-state index contributed by atoms with van der Waals surface area (Å²) in [4.78, 5) is 45.9. The lowest BCUT2D eigenvalue weighted by Gasteiger charge is -2.48. The Labute approximate surface area is 139 Å². The van der Waals surface area contributed by atoms with Crippen LogP contribution in [0.25, 0.3) is 0 Å². The van der Waals surface area contributed by atoms with E-state index in [-0.39, 0.29) is 6.42 Å². The van der Waals surface area contributed by atoms with E-state index in [4.69, 9.17) is 9.47 Å². The van der Waals surface area contributed by atoms with Crippen LogP contribution in [-0.2, 0) is 28.7 Å². The van der Waals surface area contributed by atoms with Gasteiger partial charge in [-0.05, 0) is 6.92 Å². The Hall–Kier alpha value is -2.12. The SMILES string of the molecule is CC(=O)CCC12OC(C(=O)O)C(O)(C(=O)O)C(C(=O)O)(O1)C(O)C2O. The summed E-state index contributed by atoms with van der Waals surface area (Å²) in [6.45, 7) is 1.14. The molecular weight excluding hydrogens is 348 g/mol. The zero-order chi connectivity index (χ0) is 19.4. The molecule has 2 aliphatic heterocycles. The van der Waals surface area contributed by atoms with Crippen molar-refractivity contribution in [3.63, 3.8) is 0 Å². The molecule has 2 bridgehead atoms. The van der Waals surface area contributed by atoms with Crippen LogP contribution in [0, 0.1) is 0 Å². The van der Waals surface area contributed by atoms with E-state index in [1.807, 2.05) is 0 Å². The molecule has 0 radical (unpaired) electrons. The number of ether oxygens (including phenoxy) is 2. The quantitative estimate of drug-likeness (QED) is 0.277. The summed E-state index contributed by atoms with van der Waals surface area (Å²) in [7, 11) is 0. The van der Waals surface area contributed by atoms with Crippen LogP contribution in [0.15, 0.2) is 0 Å². The van der Waals surface area contributed by atoms with Crippen molar-refractivity contribution < 1.29 is 59.3 Å².